The van der Waals surface area contributed by atoms with Crippen LogP contribution in [0.5, 0.6) is 0 Å². The van der Waals surface area contributed by atoms with Crippen molar-refractivity contribution in [3.05, 3.63) is 64.7 Å². The van der Waals surface area contributed by atoms with Gasteiger partial charge in [0.15, 0.2) is 11.6 Å². The molecule has 3 N–H and O–H groups in total. The Morgan fingerprint density at radius 2 is 1.36 bits per heavy atom. The summed E-state index contributed by atoms with van der Waals surface area (Å²) in [6, 6.07) is 11.9. The van der Waals surface area contributed by atoms with Gasteiger partial charge in [-0.05, 0) is 45.1 Å². The number of hydrogen-bond donors (Lipinski definition) is 3. The third-order valence-corrected chi connectivity index (χ3v) is 4.80. The maximum Gasteiger partial charge on any atom is 0.294 e. The smallest absolute Gasteiger partial charge is 0.294 e. The van der Waals surface area contributed by atoms with Gasteiger partial charge in [-0.2, -0.15) is 8.42 Å². The molecule has 0 heterocycles. The topological polar surface area (TPSA) is 113 Å². The fourth-order valence-corrected chi connectivity index (χ4v) is 3.16. The summed E-state index contributed by atoms with van der Waals surface area (Å²) in [5, 5.41) is 5.83. The van der Waals surface area contributed by atoms with Gasteiger partial charge in [0.2, 0.25) is 0 Å². The van der Waals surface area contributed by atoms with E-state index in [1.54, 1.807) is 14.0 Å². The molecule has 28 heavy (non-hydrogen) atoms. The molecule has 0 spiro atoms. The van der Waals surface area contributed by atoms with E-state index in [1.807, 2.05) is 31.3 Å². The van der Waals surface area contributed by atoms with Gasteiger partial charge in [-0.25, -0.2) is 0 Å². The molecule has 2 rings (SSSR count). The van der Waals surface area contributed by atoms with Crippen LogP contribution < -0.4 is 10.6 Å². The second-order valence-corrected chi connectivity index (χ2v) is 7.56. The zero-order valence-corrected chi connectivity index (χ0v) is 17.3. The maximum absolute atomic E-state index is 11.1. The van der Waals surface area contributed by atoms with Crippen LogP contribution in [0.2, 0.25) is 0 Å². The van der Waals surface area contributed by atoms with Crippen LogP contribution >= 0.6 is 0 Å². The van der Waals surface area contributed by atoms with Gasteiger partial charge < -0.3 is 10.6 Å². The minimum Gasteiger partial charge on any atom is -0.316 e. The Balaban J connectivity index is 0.000000292. The number of hydrogen-bond acceptors (Lipinski definition) is 6. The molecular weight excluding hydrogens is 380 g/mol. The monoisotopic (exact) mass is 406 g/mol. The van der Waals surface area contributed by atoms with Crippen LogP contribution in [0.4, 0.5) is 0 Å². The van der Waals surface area contributed by atoms with Gasteiger partial charge in [0.05, 0.1) is 4.90 Å². The largest absolute Gasteiger partial charge is 0.316 e. The van der Waals surface area contributed by atoms with Crippen molar-refractivity contribution >= 4 is 21.7 Å². The molecule has 0 amide bonds. The molecule has 0 aromatic heterocycles. The molecule has 0 bridgehead atoms. The molecule has 0 aliphatic rings. The third kappa shape index (κ3) is 7.32. The summed E-state index contributed by atoms with van der Waals surface area (Å²) in [7, 11) is -0.743. The Hall–Kier alpha value is -2.39. The Morgan fingerprint density at radius 3 is 1.79 bits per heavy atom. The lowest BCUT2D eigenvalue weighted by Crippen LogP contribution is -2.11. The lowest BCUT2D eigenvalue weighted by atomic mass is 10.1. The van der Waals surface area contributed by atoms with Gasteiger partial charge in [-0.15, -0.1) is 0 Å². The fraction of sp³-hybridized carbons (Fsp3) is 0.300. The summed E-state index contributed by atoms with van der Waals surface area (Å²) in [5.74, 6) is -0.132. The quantitative estimate of drug-likeness (QED) is 0.478. The Bertz CT molecular complexity index is 922. The minimum atomic E-state index is -4.30. The van der Waals surface area contributed by atoms with E-state index in [-0.39, 0.29) is 22.0 Å². The van der Waals surface area contributed by atoms with Crippen molar-refractivity contribution in [2.45, 2.75) is 31.8 Å². The van der Waals surface area contributed by atoms with E-state index >= 15 is 0 Å². The van der Waals surface area contributed by atoms with Gasteiger partial charge in [0.1, 0.15) is 0 Å². The number of nitrogens with one attached hydrogen (secondary N) is 2. The zero-order valence-electron chi connectivity index (χ0n) is 16.4. The second-order valence-electron chi connectivity index (χ2n) is 6.17. The van der Waals surface area contributed by atoms with Gasteiger partial charge >= 0.3 is 0 Å². The minimum absolute atomic E-state index is 0.117. The van der Waals surface area contributed by atoms with Crippen LogP contribution in [0.1, 0.15) is 45.7 Å². The molecule has 7 nitrogen and oxygen atoms in total. The molecule has 0 fully saturated rings. The van der Waals surface area contributed by atoms with Crippen LogP contribution in [0, 0.1) is 0 Å². The lowest BCUT2D eigenvalue weighted by Gasteiger charge is -2.07. The molecule has 0 unspecified atom stereocenters. The summed E-state index contributed by atoms with van der Waals surface area (Å²) >= 11 is 0. The van der Waals surface area contributed by atoms with E-state index in [2.05, 4.69) is 10.6 Å². The second kappa shape index (κ2) is 10.8. The van der Waals surface area contributed by atoms with Crippen LogP contribution in [-0.4, -0.2) is 38.6 Å². The summed E-state index contributed by atoms with van der Waals surface area (Å²) in [6.07, 6.45) is 0. The highest BCUT2D eigenvalue weighted by Crippen LogP contribution is 2.18. The van der Waals surface area contributed by atoms with Crippen molar-refractivity contribution < 1.29 is 22.6 Å². The molecule has 0 aliphatic heterocycles. The summed E-state index contributed by atoms with van der Waals surface area (Å²) < 4.78 is 31.3. The van der Waals surface area contributed by atoms with Crippen molar-refractivity contribution in [1.29, 1.82) is 0 Å². The first kappa shape index (κ1) is 23.6. The van der Waals surface area contributed by atoms with E-state index in [9.17, 15) is 18.0 Å². The van der Waals surface area contributed by atoms with Crippen LogP contribution in [0.3, 0.4) is 0 Å². The van der Waals surface area contributed by atoms with Crippen molar-refractivity contribution in [3.63, 3.8) is 0 Å². The van der Waals surface area contributed by atoms with Crippen molar-refractivity contribution in [2.24, 2.45) is 0 Å². The molecule has 2 aromatic rings. The normalized spacial score (nSPS) is 10.8. The van der Waals surface area contributed by atoms with Gasteiger partial charge in [0.25, 0.3) is 10.1 Å². The van der Waals surface area contributed by atoms with Gasteiger partial charge in [-0.3, -0.25) is 14.1 Å². The van der Waals surface area contributed by atoms with E-state index in [1.165, 1.54) is 30.7 Å². The molecule has 2 aromatic carbocycles. The average molecular weight is 407 g/mol. The Kier molecular flexibility index (Phi) is 9.14. The number of ketones is 2. The van der Waals surface area contributed by atoms with Crippen LogP contribution in [-0.2, 0) is 23.2 Å². The Morgan fingerprint density at radius 1 is 0.857 bits per heavy atom. The first-order valence-electron chi connectivity index (χ1n) is 8.60. The molecule has 0 radical (unpaired) electrons. The number of rotatable bonds is 7. The summed E-state index contributed by atoms with van der Waals surface area (Å²) in [6.45, 7) is 4.05. The van der Waals surface area contributed by atoms with E-state index < -0.39 is 10.1 Å². The molecule has 8 heteroatoms. The highest BCUT2D eigenvalue weighted by molar-refractivity contribution is 7.85. The molecule has 152 valence electrons. The van der Waals surface area contributed by atoms with Gasteiger partial charge in [-0.1, -0.05) is 36.4 Å². The number of benzene rings is 2. The molecule has 0 saturated carbocycles. The van der Waals surface area contributed by atoms with Gasteiger partial charge in [0, 0.05) is 24.2 Å². The Labute approximate surface area is 165 Å². The van der Waals surface area contributed by atoms with E-state index in [0.29, 0.717) is 12.1 Å². The van der Waals surface area contributed by atoms with Crippen LogP contribution in [0.25, 0.3) is 0 Å². The van der Waals surface area contributed by atoms with E-state index in [0.717, 1.165) is 12.1 Å². The standard InChI is InChI=1S/C10H13NO4S.C10H13NO/c1-7(12)8-3-4-9(6-11-2)10(5-8)16(13,14)15;1-8(12)10-5-3-9(4-6-10)7-11-2/h3-5,11H,6H2,1-2H3,(H,13,14,15);3-6,11H,7H2,1-2H3. The van der Waals surface area contributed by atoms with Crippen molar-refractivity contribution in [3.8, 4) is 0 Å². The molecular formula is C20H26N2O5S. The molecule has 0 aliphatic carbocycles. The maximum atomic E-state index is 11.1. The predicted octanol–water partition coefficient (Wildman–Crippen LogP) is 2.46. The SMILES string of the molecule is CNCc1ccc(C(C)=O)cc1.CNCc1ccc(C(C)=O)cc1S(=O)(=O)O. The summed E-state index contributed by atoms with van der Waals surface area (Å²) in [5.41, 5.74) is 2.65. The number of Topliss-reactive ketones (excluding diaryl/α,β-unsaturated/α-hetero) is 2. The van der Waals surface area contributed by atoms with Crippen molar-refractivity contribution in [2.75, 3.05) is 14.1 Å². The fourth-order valence-electron chi connectivity index (χ4n) is 2.41. The average Bonchev–Trinajstić information content (AvgIpc) is 2.62. The zero-order chi connectivity index (χ0) is 21.3. The predicted molar refractivity (Wildman–Crippen MR) is 108 cm³/mol. The molecule has 0 atom stereocenters. The lowest BCUT2D eigenvalue weighted by molar-refractivity contribution is 0.100. The molecule has 0 saturated heterocycles. The first-order chi connectivity index (χ1) is 13.1. The van der Waals surface area contributed by atoms with E-state index in [4.69, 9.17) is 4.55 Å². The van der Waals surface area contributed by atoms with Crippen LogP contribution in [0.15, 0.2) is 47.4 Å². The highest BCUT2D eigenvalue weighted by Gasteiger charge is 2.16. The number of carbonyl (C=O) groups excluding carboxylic acids is 2. The third-order valence-electron chi connectivity index (χ3n) is 3.86. The summed E-state index contributed by atoms with van der Waals surface area (Å²) in [4.78, 5) is 21.8. The first-order valence-corrected chi connectivity index (χ1v) is 10.0. The highest BCUT2D eigenvalue weighted by atomic mass is 32.2. The number of carbonyl (C=O) groups is 2. The van der Waals surface area contributed by atoms with Crippen molar-refractivity contribution in [1.82, 2.24) is 10.6 Å².